The van der Waals surface area contributed by atoms with Gasteiger partial charge in [-0.05, 0) is 49.3 Å². The Bertz CT molecular complexity index is 828. The molecule has 2 aromatic rings. The van der Waals surface area contributed by atoms with Crippen molar-refractivity contribution in [2.24, 2.45) is 0 Å². The molecule has 2 heterocycles. The van der Waals surface area contributed by atoms with Gasteiger partial charge in [-0.15, -0.1) is 11.3 Å². The quantitative estimate of drug-likeness (QED) is 0.831. The highest BCUT2D eigenvalue weighted by Crippen LogP contribution is 2.22. The van der Waals surface area contributed by atoms with Gasteiger partial charge in [-0.3, -0.25) is 14.4 Å². The van der Waals surface area contributed by atoms with Crippen LogP contribution in [0, 0.1) is 13.8 Å². The number of para-hydroxylation sites is 1. The number of aryl methyl sites for hydroxylation is 2. The van der Waals surface area contributed by atoms with Crippen LogP contribution in [0.3, 0.4) is 0 Å². The fraction of sp³-hybridized carbons (Fsp3) is 0.350. The van der Waals surface area contributed by atoms with Crippen molar-refractivity contribution in [2.45, 2.75) is 32.7 Å². The summed E-state index contributed by atoms with van der Waals surface area (Å²) in [6.45, 7) is 4.29. The third-order valence-corrected chi connectivity index (χ3v) is 5.57. The van der Waals surface area contributed by atoms with Crippen LogP contribution >= 0.6 is 11.3 Å². The number of hydrogen-bond acceptors (Lipinski definition) is 4. The number of nitrogens with zero attached hydrogens (tertiary/aromatic N) is 1. The van der Waals surface area contributed by atoms with E-state index < -0.39 is 6.04 Å². The van der Waals surface area contributed by atoms with E-state index in [2.05, 4.69) is 10.6 Å². The second-order valence-electron chi connectivity index (χ2n) is 6.67. The molecule has 1 atom stereocenters. The second kappa shape index (κ2) is 8.35. The first-order chi connectivity index (χ1) is 13.0. The molecule has 0 unspecified atom stereocenters. The fourth-order valence-corrected chi connectivity index (χ4v) is 3.98. The summed E-state index contributed by atoms with van der Waals surface area (Å²) >= 11 is 1.37. The van der Waals surface area contributed by atoms with Crippen molar-refractivity contribution in [3.63, 3.8) is 0 Å². The third kappa shape index (κ3) is 4.36. The number of amides is 3. The highest BCUT2D eigenvalue weighted by molar-refractivity contribution is 7.12. The maximum absolute atomic E-state index is 12.6. The molecule has 6 nitrogen and oxygen atoms in total. The number of anilines is 1. The van der Waals surface area contributed by atoms with Crippen molar-refractivity contribution < 1.29 is 14.4 Å². The Morgan fingerprint density at radius 2 is 1.89 bits per heavy atom. The number of carbonyl (C=O) groups is 3. The summed E-state index contributed by atoms with van der Waals surface area (Å²) in [5.41, 5.74) is 2.71. The molecule has 27 heavy (non-hydrogen) atoms. The number of rotatable bonds is 5. The van der Waals surface area contributed by atoms with Crippen LogP contribution < -0.4 is 10.6 Å². The standard InChI is InChI=1S/C20H23N3O3S/c1-13-6-3-7-14(2)18(13)22-17(24)12-21-19(25)15-8-4-10-23(15)20(26)16-9-5-11-27-16/h3,5-7,9,11,15H,4,8,10,12H2,1-2H3,(H,21,25)(H,22,24)/t15-/m0/s1. The molecule has 0 spiro atoms. The van der Waals surface area contributed by atoms with Gasteiger partial charge in [-0.25, -0.2) is 0 Å². The highest BCUT2D eigenvalue weighted by atomic mass is 32.1. The SMILES string of the molecule is Cc1cccc(C)c1NC(=O)CNC(=O)[C@@H]1CCCN1C(=O)c1cccs1. The van der Waals surface area contributed by atoms with Crippen molar-refractivity contribution in [2.75, 3.05) is 18.4 Å². The van der Waals surface area contributed by atoms with Crippen LogP contribution in [0.5, 0.6) is 0 Å². The monoisotopic (exact) mass is 385 g/mol. The molecule has 1 fully saturated rings. The molecule has 1 aliphatic heterocycles. The molecule has 7 heteroatoms. The summed E-state index contributed by atoms with van der Waals surface area (Å²) in [5.74, 6) is -0.688. The summed E-state index contributed by atoms with van der Waals surface area (Å²) < 4.78 is 0. The molecule has 0 bridgehead atoms. The molecule has 0 radical (unpaired) electrons. The topological polar surface area (TPSA) is 78.5 Å². The average Bonchev–Trinajstić information content (AvgIpc) is 3.34. The number of hydrogen-bond donors (Lipinski definition) is 2. The summed E-state index contributed by atoms with van der Waals surface area (Å²) in [6.07, 6.45) is 1.39. The van der Waals surface area contributed by atoms with E-state index in [0.717, 1.165) is 23.2 Å². The molecule has 2 N–H and O–H groups in total. The van der Waals surface area contributed by atoms with Gasteiger partial charge < -0.3 is 15.5 Å². The van der Waals surface area contributed by atoms with Gasteiger partial charge in [0.25, 0.3) is 5.91 Å². The number of likely N-dealkylation sites (tertiary alicyclic amines) is 1. The normalized spacial score (nSPS) is 16.2. The molecule has 0 aliphatic carbocycles. The Morgan fingerprint density at radius 1 is 1.15 bits per heavy atom. The van der Waals surface area contributed by atoms with E-state index in [1.165, 1.54) is 11.3 Å². The zero-order valence-electron chi connectivity index (χ0n) is 15.5. The Balaban J connectivity index is 1.57. The van der Waals surface area contributed by atoms with Gasteiger partial charge >= 0.3 is 0 Å². The molecule has 1 aromatic carbocycles. The van der Waals surface area contributed by atoms with Crippen LogP contribution in [0.1, 0.15) is 33.6 Å². The van der Waals surface area contributed by atoms with E-state index in [1.807, 2.05) is 43.5 Å². The lowest BCUT2D eigenvalue weighted by Crippen LogP contribution is -2.47. The molecule has 1 aliphatic rings. The third-order valence-electron chi connectivity index (χ3n) is 4.72. The van der Waals surface area contributed by atoms with E-state index in [-0.39, 0.29) is 24.3 Å². The van der Waals surface area contributed by atoms with Crippen LogP contribution in [0.15, 0.2) is 35.7 Å². The molecule has 3 rings (SSSR count). The van der Waals surface area contributed by atoms with Crippen LogP contribution in [0.4, 0.5) is 5.69 Å². The lowest BCUT2D eigenvalue weighted by atomic mass is 10.1. The van der Waals surface area contributed by atoms with Crippen molar-refractivity contribution in [1.82, 2.24) is 10.2 Å². The maximum atomic E-state index is 12.6. The molecule has 142 valence electrons. The first-order valence-corrected chi connectivity index (χ1v) is 9.83. The molecule has 3 amide bonds. The molecular weight excluding hydrogens is 362 g/mol. The number of thiophene rings is 1. The van der Waals surface area contributed by atoms with Crippen LogP contribution in [0.2, 0.25) is 0 Å². The van der Waals surface area contributed by atoms with Crippen LogP contribution in [-0.4, -0.2) is 41.8 Å². The van der Waals surface area contributed by atoms with Gasteiger partial charge in [0.05, 0.1) is 11.4 Å². The predicted octanol–water partition coefficient (Wildman–Crippen LogP) is 2.72. The lowest BCUT2D eigenvalue weighted by molar-refractivity contribution is -0.127. The number of benzene rings is 1. The summed E-state index contributed by atoms with van der Waals surface area (Å²) in [4.78, 5) is 39.6. The lowest BCUT2D eigenvalue weighted by Gasteiger charge is -2.23. The van der Waals surface area contributed by atoms with E-state index in [9.17, 15) is 14.4 Å². The Morgan fingerprint density at radius 3 is 2.56 bits per heavy atom. The van der Waals surface area contributed by atoms with Crippen molar-refractivity contribution in [1.29, 1.82) is 0 Å². The largest absolute Gasteiger partial charge is 0.345 e. The van der Waals surface area contributed by atoms with Crippen molar-refractivity contribution >= 4 is 34.7 Å². The zero-order chi connectivity index (χ0) is 19.4. The van der Waals surface area contributed by atoms with E-state index in [1.54, 1.807) is 11.0 Å². The Kier molecular flexibility index (Phi) is 5.91. The van der Waals surface area contributed by atoms with Gasteiger partial charge in [0.2, 0.25) is 11.8 Å². The minimum absolute atomic E-state index is 0.121. The van der Waals surface area contributed by atoms with E-state index in [4.69, 9.17) is 0 Å². The minimum Gasteiger partial charge on any atom is -0.345 e. The summed E-state index contributed by atoms with van der Waals surface area (Å²) in [7, 11) is 0. The van der Waals surface area contributed by atoms with Crippen LogP contribution in [-0.2, 0) is 9.59 Å². The molecule has 1 aromatic heterocycles. The zero-order valence-corrected chi connectivity index (χ0v) is 16.3. The Labute approximate surface area is 162 Å². The van der Waals surface area contributed by atoms with E-state index in [0.29, 0.717) is 17.8 Å². The number of carbonyl (C=O) groups excluding carboxylic acids is 3. The smallest absolute Gasteiger partial charge is 0.264 e. The second-order valence-corrected chi connectivity index (χ2v) is 7.61. The van der Waals surface area contributed by atoms with Crippen molar-refractivity contribution in [3.8, 4) is 0 Å². The Hall–Kier alpha value is -2.67. The molecule has 1 saturated heterocycles. The highest BCUT2D eigenvalue weighted by Gasteiger charge is 2.34. The van der Waals surface area contributed by atoms with Gasteiger partial charge in [-0.2, -0.15) is 0 Å². The first-order valence-electron chi connectivity index (χ1n) is 8.95. The summed E-state index contributed by atoms with van der Waals surface area (Å²) in [6, 6.07) is 8.84. The minimum atomic E-state index is -0.521. The first kappa shape index (κ1) is 19.1. The van der Waals surface area contributed by atoms with E-state index >= 15 is 0 Å². The van der Waals surface area contributed by atoms with Crippen LogP contribution in [0.25, 0.3) is 0 Å². The van der Waals surface area contributed by atoms with Gasteiger partial charge in [0, 0.05) is 12.2 Å². The van der Waals surface area contributed by atoms with Crippen molar-refractivity contribution in [3.05, 3.63) is 51.7 Å². The molecule has 0 saturated carbocycles. The van der Waals surface area contributed by atoms with Gasteiger partial charge in [0.15, 0.2) is 0 Å². The predicted molar refractivity (Wildman–Crippen MR) is 106 cm³/mol. The summed E-state index contributed by atoms with van der Waals surface area (Å²) in [5, 5.41) is 7.36. The number of nitrogens with one attached hydrogen (secondary N) is 2. The molecular formula is C20H23N3O3S. The maximum Gasteiger partial charge on any atom is 0.264 e. The fourth-order valence-electron chi connectivity index (χ4n) is 3.30. The van der Waals surface area contributed by atoms with Gasteiger partial charge in [0.1, 0.15) is 6.04 Å². The average molecular weight is 385 g/mol. The van der Waals surface area contributed by atoms with Gasteiger partial charge in [-0.1, -0.05) is 24.3 Å².